The molecule has 0 radical (unpaired) electrons. The van der Waals surface area contributed by atoms with E-state index in [0.29, 0.717) is 13.0 Å². The minimum Gasteiger partial charge on any atom is -0.457 e. The smallest absolute Gasteiger partial charge is 0.306 e. The first-order valence-corrected chi connectivity index (χ1v) is 20.6. The molecule has 6 atom stereocenters. The molecule has 0 saturated carbocycles. The molecule has 1 heterocycles. The van der Waals surface area contributed by atoms with Crippen molar-refractivity contribution in [2.24, 2.45) is 0 Å². The minimum absolute atomic E-state index is 0.118. The summed E-state index contributed by atoms with van der Waals surface area (Å²) < 4.78 is 22.7. The highest BCUT2D eigenvalue weighted by Crippen LogP contribution is 2.22. The maximum Gasteiger partial charge on any atom is 0.306 e. The van der Waals surface area contributed by atoms with E-state index in [9.17, 15) is 25.2 Å². The fraction of sp³-hybridized carbons (Fsp3) is 0.833. The lowest BCUT2D eigenvalue weighted by molar-refractivity contribution is -0.305. The number of hydrogen-bond acceptors (Lipinski definition) is 9. The summed E-state index contributed by atoms with van der Waals surface area (Å²) in [6, 6.07) is 0. The van der Waals surface area contributed by atoms with E-state index < -0.39 is 43.4 Å². The van der Waals surface area contributed by atoms with Crippen LogP contribution in [0.3, 0.4) is 0 Å². The Morgan fingerprint density at radius 2 is 1.14 bits per heavy atom. The fourth-order valence-electron chi connectivity index (χ4n) is 6.03. The van der Waals surface area contributed by atoms with Gasteiger partial charge < -0.3 is 39.4 Å². The van der Waals surface area contributed by atoms with Crippen LogP contribution in [0.25, 0.3) is 0 Å². The Hall–Kier alpha value is -1.59. The molecule has 298 valence electrons. The van der Waals surface area contributed by atoms with Gasteiger partial charge in [0.05, 0.1) is 19.8 Å². The normalized spacial score (nSPS) is 21.7. The summed E-state index contributed by atoms with van der Waals surface area (Å²) >= 11 is 0. The topological polar surface area (TPSA) is 135 Å². The third kappa shape index (κ3) is 25.9. The molecule has 9 nitrogen and oxygen atoms in total. The van der Waals surface area contributed by atoms with Crippen molar-refractivity contribution >= 4 is 5.97 Å². The predicted octanol–water partition coefficient (Wildman–Crippen LogP) is 8.41. The average Bonchev–Trinajstić information content (AvgIpc) is 3.13. The van der Waals surface area contributed by atoms with Gasteiger partial charge in [-0.25, -0.2) is 0 Å². The highest BCUT2D eigenvalue weighted by atomic mass is 16.7. The van der Waals surface area contributed by atoms with Crippen LogP contribution in [0.2, 0.25) is 0 Å². The largest absolute Gasteiger partial charge is 0.457 e. The van der Waals surface area contributed by atoms with Crippen LogP contribution in [-0.2, 0) is 23.7 Å². The van der Waals surface area contributed by atoms with Gasteiger partial charge in [0.2, 0.25) is 0 Å². The Labute approximate surface area is 310 Å². The van der Waals surface area contributed by atoms with Crippen LogP contribution >= 0.6 is 0 Å². The number of unbranched alkanes of at least 4 members (excludes halogenated alkanes) is 17. The number of hydrogen-bond donors (Lipinski definition) is 4. The summed E-state index contributed by atoms with van der Waals surface area (Å²) in [4.78, 5) is 12.7. The molecule has 0 aromatic rings. The summed E-state index contributed by atoms with van der Waals surface area (Å²) in [5.41, 5.74) is 0. The van der Waals surface area contributed by atoms with Gasteiger partial charge >= 0.3 is 5.97 Å². The van der Waals surface area contributed by atoms with Crippen LogP contribution in [0.5, 0.6) is 0 Å². The van der Waals surface area contributed by atoms with Gasteiger partial charge in [0.25, 0.3) is 0 Å². The van der Waals surface area contributed by atoms with Crippen molar-refractivity contribution < 1.29 is 44.2 Å². The quantitative estimate of drug-likeness (QED) is 0.0293. The second-order valence-corrected chi connectivity index (χ2v) is 14.1. The Morgan fingerprint density at radius 1 is 0.627 bits per heavy atom. The molecule has 0 bridgehead atoms. The molecule has 0 aliphatic carbocycles. The van der Waals surface area contributed by atoms with Crippen molar-refractivity contribution in [3.8, 4) is 0 Å². The van der Waals surface area contributed by atoms with Crippen LogP contribution in [0, 0.1) is 0 Å². The Kier molecular flexibility index (Phi) is 31.8. The molecule has 1 rings (SSSR count). The van der Waals surface area contributed by atoms with E-state index in [2.05, 4.69) is 50.3 Å². The SMILES string of the molecule is CCCCC/C=C\C/C=C\C/C=C\CCCCCCCCC(=O)OC(COCCCCCCCCCCC)COC1OC(CO)C(O)C(O)C1O. The van der Waals surface area contributed by atoms with E-state index >= 15 is 0 Å². The van der Waals surface area contributed by atoms with Crippen LogP contribution in [0.15, 0.2) is 36.5 Å². The molecule has 0 aromatic carbocycles. The van der Waals surface area contributed by atoms with Crippen molar-refractivity contribution in [1.82, 2.24) is 0 Å². The maximum absolute atomic E-state index is 12.7. The van der Waals surface area contributed by atoms with E-state index in [0.717, 1.165) is 57.8 Å². The van der Waals surface area contributed by atoms with Crippen molar-refractivity contribution in [3.63, 3.8) is 0 Å². The zero-order valence-corrected chi connectivity index (χ0v) is 32.4. The van der Waals surface area contributed by atoms with Gasteiger partial charge in [0.1, 0.15) is 30.5 Å². The lowest BCUT2D eigenvalue weighted by atomic mass is 9.99. The Balaban J connectivity index is 2.28. The van der Waals surface area contributed by atoms with Gasteiger partial charge in [-0.2, -0.15) is 0 Å². The molecular formula is C42H76O9. The van der Waals surface area contributed by atoms with E-state index in [-0.39, 0.29) is 19.2 Å². The van der Waals surface area contributed by atoms with Crippen molar-refractivity contribution in [3.05, 3.63) is 36.5 Å². The van der Waals surface area contributed by atoms with E-state index in [1.807, 2.05) is 0 Å². The summed E-state index contributed by atoms with van der Waals surface area (Å²) in [7, 11) is 0. The molecule has 1 fully saturated rings. The van der Waals surface area contributed by atoms with Gasteiger partial charge in [-0.05, 0) is 51.4 Å². The molecule has 51 heavy (non-hydrogen) atoms. The third-order valence-corrected chi connectivity index (χ3v) is 9.31. The number of allylic oxidation sites excluding steroid dienone is 6. The molecule has 9 heteroatoms. The number of rotatable bonds is 34. The number of ether oxygens (including phenoxy) is 4. The number of carbonyl (C=O) groups is 1. The summed E-state index contributed by atoms with van der Waals surface area (Å²) in [5.74, 6) is -0.328. The zero-order chi connectivity index (χ0) is 37.2. The highest BCUT2D eigenvalue weighted by molar-refractivity contribution is 5.69. The van der Waals surface area contributed by atoms with Gasteiger partial charge in [0, 0.05) is 13.0 Å². The molecular weight excluding hydrogens is 648 g/mol. The first-order valence-electron chi connectivity index (χ1n) is 20.6. The summed E-state index contributed by atoms with van der Waals surface area (Å²) in [6.07, 6.45) is 31.7. The lowest BCUT2D eigenvalue weighted by Crippen LogP contribution is -2.59. The van der Waals surface area contributed by atoms with Crippen LogP contribution < -0.4 is 0 Å². The molecule has 6 unspecified atom stereocenters. The second kappa shape index (κ2) is 34.2. The Bertz CT molecular complexity index is 874. The summed E-state index contributed by atoms with van der Waals surface area (Å²) in [6.45, 7) is 4.49. The van der Waals surface area contributed by atoms with Crippen LogP contribution in [0.1, 0.15) is 162 Å². The summed E-state index contributed by atoms with van der Waals surface area (Å²) in [5, 5.41) is 39.9. The molecule has 1 saturated heterocycles. The minimum atomic E-state index is -1.54. The third-order valence-electron chi connectivity index (χ3n) is 9.31. The first kappa shape index (κ1) is 47.4. The van der Waals surface area contributed by atoms with Crippen molar-refractivity contribution in [2.45, 2.75) is 198 Å². The first-order chi connectivity index (χ1) is 24.9. The molecule has 0 aromatic heterocycles. The van der Waals surface area contributed by atoms with Crippen LogP contribution in [0.4, 0.5) is 0 Å². The molecule has 1 aliphatic heterocycles. The maximum atomic E-state index is 12.7. The van der Waals surface area contributed by atoms with E-state index in [4.69, 9.17) is 18.9 Å². The average molecular weight is 725 g/mol. The van der Waals surface area contributed by atoms with Gasteiger partial charge in [-0.3, -0.25) is 4.79 Å². The lowest BCUT2D eigenvalue weighted by Gasteiger charge is -2.39. The molecule has 0 spiro atoms. The molecule has 0 amide bonds. The van der Waals surface area contributed by atoms with Crippen molar-refractivity contribution in [1.29, 1.82) is 0 Å². The molecule has 1 aliphatic rings. The number of carbonyl (C=O) groups excluding carboxylic acids is 1. The number of aliphatic hydroxyl groups is 4. The zero-order valence-electron chi connectivity index (χ0n) is 32.4. The van der Waals surface area contributed by atoms with Gasteiger partial charge in [-0.15, -0.1) is 0 Å². The van der Waals surface area contributed by atoms with Crippen molar-refractivity contribution in [2.75, 3.05) is 26.4 Å². The fourth-order valence-corrected chi connectivity index (χ4v) is 6.03. The van der Waals surface area contributed by atoms with Crippen LogP contribution in [-0.4, -0.2) is 89.6 Å². The standard InChI is InChI=1S/C42H76O9/c1-3-5-7-9-11-13-14-15-16-17-18-19-20-21-22-23-25-27-29-31-38(44)50-36(34-48-32-30-28-26-24-12-10-8-6-4-2)35-49-42-41(47)40(46)39(45)37(33-43)51-42/h11,13,15-16,18-19,36-37,39-43,45-47H,3-10,12,14,17,20-35H2,1-2H3/b13-11-,16-15-,19-18-. The van der Waals surface area contributed by atoms with E-state index in [1.165, 1.54) is 83.5 Å². The van der Waals surface area contributed by atoms with Gasteiger partial charge in [-0.1, -0.05) is 140 Å². The Morgan fingerprint density at radius 3 is 1.75 bits per heavy atom. The number of aliphatic hydroxyl groups excluding tert-OH is 4. The second-order valence-electron chi connectivity index (χ2n) is 14.1. The molecule has 4 N–H and O–H groups in total. The predicted molar refractivity (Wildman–Crippen MR) is 205 cm³/mol. The van der Waals surface area contributed by atoms with E-state index in [1.54, 1.807) is 0 Å². The number of esters is 1. The monoisotopic (exact) mass is 725 g/mol. The van der Waals surface area contributed by atoms with Gasteiger partial charge in [0.15, 0.2) is 6.29 Å². The highest BCUT2D eigenvalue weighted by Gasteiger charge is 2.44.